The summed E-state index contributed by atoms with van der Waals surface area (Å²) in [5.41, 5.74) is 8.12. The normalized spacial score (nSPS) is 26.8. The summed E-state index contributed by atoms with van der Waals surface area (Å²) in [6, 6.07) is 6.18. The lowest BCUT2D eigenvalue weighted by molar-refractivity contribution is -0.130. The van der Waals surface area contributed by atoms with Gasteiger partial charge < -0.3 is 10.5 Å². The van der Waals surface area contributed by atoms with Gasteiger partial charge in [0, 0.05) is 12.8 Å². The Morgan fingerprint density at radius 2 is 2.12 bits per heavy atom. The number of carbonyl (C=O) groups excluding carboxylic acids is 1. The molecule has 0 bridgehead atoms. The van der Waals surface area contributed by atoms with Crippen LogP contribution in [-0.4, -0.2) is 17.5 Å². The molecule has 2 N–H and O–H groups in total. The summed E-state index contributed by atoms with van der Waals surface area (Å²) in [7, 11) is 0. The van der Waals surface area contributed by atoms with Crippen LogP contribution in [0.2, 0.25) is 0 Å². The third-order valence-electron chi connectivity index (χ3n) is 3.22. The molecule has 1 aromatic carbocycles. The van der Waals surface area contributed by atoms with Gasteiger partial charge in [-0.05, 0) is 18.1 Å². The van der Waals surface area contributed by atoms with Crippen molar-refractivity contribution in [3.63, 3.8) is 0 Å². The maximum absolute atomic E-state index is 11.8. The third-order valence-corrected chi connectivity index (χ3v) is 3.22. The van der Waals surface area contributed by atoms with E-state index < -0.39 is 5.60 Å². The molecule has 1 aromatic rings. The summed E-state index contributed by atoms with van der Waals surface area (Å²) in [5, 5.41) is 0. The number of amides is 1. The van der Waals surface area contributed by atoms with Crippen LogP contribution >= 0.6 is 0 Å². The van der Waals surface area contributed by atoms with Gasteiger partial charge in [-0.15, -0.1) is 0 Å². The number of amidine groups is 1. The van der Waals surface area contributed by atoms with Gasteiger partial charge in [-0.3, -0.25) is 4.79 Å². The molecular weight excluding hydrogens is 204 g/mol. The van der Waals surface area contributed by atoms with E-state index >= 15 is 0 Å². The zero-order chi connectivity index (χ0) is 11.3. The van der Waals surface area contributed by atoms with Crippen molar-refractivity contribution >= 4 is 11.9 Å². The lowest BCUT2D eigenvalue weighted by Crippen LogP contribution is -2.39. The molecule has 0 fully saturated rings. The van der Waals surface area contributed by atoms with Gasteiger partial charge in [-0.1, -0.05) is 23.8 Å². The second-order valence-corrected chi connectivity index (χ2v) is 4.48. The van der Waals surface area contributed by atoms with Gasteiger partial charge in [0.05, 0.1) is 0 Å². The molecule has 0 saturated carbocycles. The highest BCUT2D eigenvalue weighted by molar-refractivity contribution is 6.01. The van der Waals surface area contributed by atoms with Gasteiger partial charge in [-0.25, -0.2) is 0 Å². The lowest BCUT2D eigenvalue weighted by Gasteiger charge is -2.18. The predicted molar refractivity (Wildman–Crippen MR) is 59.0 cm³/mol. The summed E-state index contributed by atoms with van der Waals surface area (Å²) in [5.74, 6) is -0.251. The minimum atomic E-state index is -0.847. The van der Waals surface area contributed by atoms with Crippen molar-refractivity contribution in [2.75, 3.05) is 0 Å². The van der Waals surface area contributed by atoms with Crippen LogP contribution in [-0.2, 0) is 22.4 Å². The van der Waals surface area contributed by atoms with Crippen LogP contribution in [0.4, 0.5) is 0 Å². The predicted octanol–water partition coefficient (Wildman–Crippen LogP) is 0.704. The first-order valence-electron chi connectivity index (χ1n) is 5.25. The first-order chi connectivity index (χ1) is 7.59. The van der Waals surface area contributed by atoms with Crippen molar-refractivity contribution < 1.29 is 9.53 Å². The molecular formula is C12H12N2O2. The Morgan fingerprint density at radius 3 is 2.81 bits per heavy atom. The van der Waals surface area contributed by atoms with Crippen LogP contribution in [0, 0.1) is 6.92 Å². The van der Waals surface area contributed by atoms with E-state index in [4.69, 9.17) is 10.5 Å². The fraction of sp³-hybridized carbons (Fsp3) is 0.333. The topological polar surface area (TPSA) is 64.7 Å². The summed E-state index contributed by atoms with van der Waals surface area (Å²) in [6.45, 7) is 2.04. The van der Waals surface area contributed by atoms with Gasteiger partial charge >= 0.3 is 0 Å². The number of hydrogen-bond acceptors (Lipinski definition) is 3. The third kappa shape index (κ3) is 1.16. The number of fused-ring (bicyclic) bond motifs is 1. The minimum Gasteiger partial charge on any atom is -0.448 e. The van der Waals surface area contributed by atoms with Gasteiger partial charge in [0.15, 0.2) is 0 Å². The Hall–Kier alpha value is -1.84. The van der Waals surface area contributed by atoms with Crippen LogP contribution in [0.3, 0.4) is 0 Å². The number of hydrogen-bond donors (Lipinski definition) is 1. The number of aliphatic imine (C=N–C) groups is 1. The number of benzene rings is 1. The minimum absolute atomic E-state index is 0.00507. The van der Waals surface area contributed by atoms with E-state index in [2.05, 4.69) is 11.1 Å². The number of ether oxygens (including phenoxy) is 1. The number of carbonyl (C=O) groups is 1. The average Bonchev–Trinajstić information content (AvgIpc) is 2.67. The first kappa shape index (κ1) is 9.39. The molecule has 0 radical (unpaired) electrons. The molecule has 1 atom stereocenters. The van der Waals surface area contributed by atoms with Crippen molar-refractivity contribution in [3.8, 4) is 0 Å². The Balaban J connectivity index is 2.00. The molecule has 3 rings (SSSR count). The molecule has 4 heteroatoms. The van der Waals surface area contributed by atoms with Crippen molar-refractivity contribution in [2.24, 2.45) is 10.7 Å². The SMILES string of the molecule is Cc1ccc2c(c1)C[C@@]1(C2)OC(N)=NC1=O. The van der Waals surface area contributed by atoms with Crippen molar-refractivity contribution in [1.82, 2.24) is 0 Å². The van der Waals surface area contributed by atoms with Crippen LogP contribution in [0.25, 0.3) is 0 Å². The van der Waals surface area contributed by atoms with Crippen molar-refractivity contribution in [2.45, 2.75) is 25.4 Å². The molecule has 1 aliphatic carbocycles. The van der Waals surface area contributed by atoms with Crippen LogP contribution in [0.15, 0.2) is 23.2 Å². The maximum Gasteiger partial charge on any atom is 0.295 e. The fourth-order valence-corrected chi connectivity index (χ4v) is 2.46. The summed E-state index contributed by atoms with van der Waals surface area (Å²) < 4.78 is 5.42. The fourth-order valence-electron chi connectivity index (χ4n) is 2.46. The second kappa shape index (κ2) is 2.84. The van der Waals surface area contributed by atoms with Crippen molar-refractivity contribution in [1.29, 1.82) is 0 Å². The molecule has 4 nitrogen and oxygen atoms in total. The molecule has 0 aromatic heterocycles. The Kier molecular flexibility index (Phi) is 1.67. The van der Waals surface area contributed by atoms with E-state index in [0.29, 0.717) is 12.8 Å². The zero-order valence-electron chi connectivity index (χ0n) is 8.99. The summed E-state index contributed by atoms with van der Waals surface area (Å²) in [6.07, 6.45) is 1.15. The standard InChI is InChI=1S/C12H12N2O2/c1-7-2-3-8-5-12(6-9(8)4-7)10(15)14-11(13)16-12/h2-4H,5-6H2,1H3,(H2,13,14,15)/t12-/m1/s1. The number of rotatable bonds is 0. The van der Waals surface area contributed by atoms with E-state index in [1.165, 1.54) is 11.1 Å². The monoisotopic (exact) mass is 216 g/mol. The highest BCUT2D eigenvalue weighted by atomic mass is 16.5. The molecule has 0 saturated heterocycles. The van der Waals surface area contributed by atoms with Gasteiger partial charge in [0.1, 0.15) is 0 Å². The average molecular weight is 216 g/mol. The molecule has 1 aliphatic heterocycles. The van der Waals surface area contributed by atoms with Crippen LogP contribution in [0.1, 0.15) is 16.7 Å². The van der Waals surface area contributed by atoms with Gasteiger partial charge in [-0.2, -0.15) is 4.99 Å². The smallest absolute Gasteiger partial charge is 0.295 e. The first-order valence-corrected chi connectivity index (χ1v) is 5.25. The zero-order valence-corrected chi connectivity index (χ0v) is 8.99. The Bertz CT molecular complexity index is 522. The number of nitrogens with two attached hydrogens (primary N) is 1. The lowest BCUT2D eigenvalue weighted by atomic mass is 10.00. The molecule has 0 unspecified atom stereocenters. The molecule has 1 heterocycles. The summed E-state index contributed by atoms with van der Waals surface area (Å²) in [4.78, 5) is 15.4. The van der Waals surface area contributed by atoms with Crippen LogP contribution < -0.4 is 5.73 Å². The highest BCUT2D eigenvalue weighted by Gasteiger charge is 2.50. The van der Waals surface area contributed by atoms with Crippen molar-refractivity contribution in [3.05, 3.63) is 34.9 Å². The molecule has 82 valence electrons. The van der Waals surface area contributed by atoms with E-state index in [1.54, 1.807) is 0 Å². The summed E-state index contributed by atoms with van der Waals surface area (Å²) >= 11 is 0. The molecule has 16 heavy (non-hydrogen) atoms. The Morgan fingerprint density at radius 1 is 1.38 bits per heavy atom. The molecule has 2 aliphatic rings. The second-order valence-electron chi connectivity index (χ2n) is 4.48. The Labute approximate surface area is 93.1 Å². The van der Waals surface area contributed by atoms with E-state index in [1.807, 2.05) is 19.1 Å². The van der Waals surface area contributed by atoms with E-state index in [0.717, 1.165) is 5.56 Å². The van der Waals surface area contributed by atoms with E-state index in [-0.39, 0.29) is 11.9 Å². The van der Waals surface area contributed by atoms with Crippen LogP contribution in [0.5, 0.6) is 0 Å². The quantitative estimate of drug-likeness (QED) is 0.694. The molecule has 1 amide bonds. The van der Waals surface area contributed by atoms with E-state index in [9.17, 15) is 4.79 Å². The number of aryl methyl sites for hydroxylation is 1. The number of nitrogens with zero attached hydrogens (tertiary/aromatic N) is 1. The largest absolute Gasteiger partial charge is 0.448 e. The van der Waals surface area contributed by atoms with Gasteiger partial charge in [0.25, 0.3) is 11.9 Å². The highest BCUT2D eigenvalue weighted by Crippen LogP contribution is 2.36. The van der Waals surface area contributed by atoms with Gasteiger partial charge in [0.2, 0.25) is 5.60 Å². The maximum atomic E-state index is 11.8. The molecule has 1 spiro atoms.